The predicted octanol–water partition coefficient (Wildman–Crippen LogP) is 2.02. The monoisotopic (exact) mass is 244 g/mol. The van der Waals surface area contributed by atoms with Gasteiger partial charge in [-0.15, -0.1) is 0 Å². The van der Waals surface area contributed by atoms with Gasteiger partial charge in [-0.2, -0.15) is 17.0 Å². The van der Waals surface area contributed by atoms with Gasteiger partial charge in [-0.05, 0) is 50.7 Å². The van der Waals surface area contributed by atoms with Gasteiger partial charge in [0.25, 0.3) is 0 Å². The van der Waals surface area contributed by atoms with E-state index >= 15 is 0 Å². The predicted molar refractivity (Wildman–Crippen MR) is 70.5 cm³/mol. The first-order valence-electron chi connectivity index (χ1n) is 5.86. The highest BCUT2D eigenvalue weighted by Gasteiger charge is 2.19. The van der Waals surface area contributed by atoms with E-state index < -0.39 is 0 Å². The summed E-state index contributed by atoms with van der Waals surface area (Å²) in [5, 5.41) is 20.8. The Kier molecular flexibility index (Phi) is 8.73. The quantitative estimate of drug-likeness (QED) is 0.609. The van der Waals surface area contributed by atoms with Crippen molar-refractivity contribution < 1.29 is 5.11 Å². The molecule has 0 rings (SSSR count). The van der Waals surface area contributed by atoms with Gasteiger partial charge in [0.2, 0.25) is 0 Å². The van der Waals surface area contributed by atoms with Crippen molar-refractivity contribution in [1.29, 1.82) is 5.26 Å². The standard InChI is InChI=1S/C12H24N2OS/c1-11(8-15)9-16-7-5-4-6-12(2,10-13)14-3/h11,14-15H,4-9H2,1-3H3. The number of rotatable bonds is 9. The lowest BCUT2D eigenvalue weighted by molar-refractivity contribution is 0.250. The minimum atomic E-state index is -0.372. The van der Waals surface area contributed by atoms with E-state index in [-0.39, 0.29) is 12.1 Å². The Morgan fingerprint density at radius 3 is 2.69 bits per heavy atom. The number of nitrogens with one attached hydrogen (secondary N) is 1. The molecule has 0 spiro atoms. The molecule has 0 saturated heterocycles. The second-order valence-electron chi connectivity index (χ2n) is 4.51. The van der Waals surface area contributed by atoms with Crippen LogP contribution in [0.25, 0.3) is 0 Å². The highest BCUT2D eigenvalue weighted by atomic mass is 32.2. The fourth-order valence-corrected chi connectivity index (χ4v) is 2.34. The molecule has 0 radical (unpaired) electrons. The minimum absolute atomic E-state index is 0.277. The summed E-state index contributed by atoms with van der Waals surface area (Å²) >= 11 is 1.89. The van der Waals surface area contributed by atoms with Crippen LogP contribution in [0.1, 0.15) is 33.1 Å². The molecule has 3 nitrogen and oxygen atoms in total. The summed E-state index contributed by atoms with van der Waals surface area (Å²) in [6, 6.07) is 2.30. The highest BCUT2D eigenvalue weighted by Crippen LogP contribution is 2.15. The number of aliphatic hydroxyl groups is 1. The molecule has 4 heteroatoms. The third-order valence-electron chi connectivity index (χ3n) is 2.73. The molecule has 16 heavy (non-hydrogen) atoms. The van der Waals surface area contributed by atoms with Crippen molar-refractivity contribution in [3.05, 3.63) is 0 Å². The van der Waals surface area contributed by atoms with Gasteiger partial charge < -0.3 is 10.4 Å². The Hall–Kier alpha value is -0.240. The van der Waals surface area contributed by atoms with Crippen LogP contribution in [0.5, 0.6) is 0 Å². The Morgan fingerprint density at radius 2 is 2.19 bits per heavy atom. The van der Waals surface area contributed by atoms with E-state index in [1.54, 1.807) is 0 Å². The van der Waals surface area contributed by atoms with Crippen LogP contribution in [0.4, 0.5) is 0 Å². The second kappa shape index (κ2) is 8.86. The summed E-state index contributed by atoms with van der Waals surface area (Å²) in [6.45, 7) is 4.27. The van der Waals surface area contributed by atoms with Crippen molar-refractivity contribution in [1.82, 2.24) is 5.32 Å². The molecule has 2 N–H and O–H groups in total. The van der Waals surface area contributed by atoms with Gasteiger partial charge in [0.1, 0.15) is 5.54 Å². The molecular formula is C12H24N2OS. The normalized spacial score (nSPS) is 16.4. The number of hydrogen-bond donors (Lipinski definition) is 2. The summed E-state index contributed by atoms with van der Waals surface area (Å²) in [4.78, 5) is 0. The Labute approximate surface area is 104 Å². The first kappa shape index (κ1) is 15.8. The number of nitrogens with zero attached hydrogens (tertiary/aromatic N) is 1. The molecule has 0 aliphatic carbocycles. The molecule has 0 aromatic rings. The summed E-state index contributed by atoms with van der Waals surface area (Å²) in [6.07, 6.45) is 3.11. The molecule has 0 aromatic heterocycles. The first-order valence-corrected chi connectivity index (χ1v) is 7.02. The number of nitriles is 1. The van der Waals surface area contributed by atoms with E-state index in [9.17, 15) is 0 Å². The molecule has 94 valence electrons. The maximum absolute atomic E-state index is 8.95. The van der Waals surface area contributed by atoms with E-state index in [1.807, 2.05) is 25.7 Å². The average Bonchev–Trinajstić information content (AvgIpc) is 2.32. The molecule has 2 atom stereocenters. The van der Waals surface area contributed by atoms with Gasteiger partial charge in [-0.25, -0.2) is 0 Å². The Bertz CT molecular complexity index is 218. The van der Waals surface area contributed by atoms with Crippen molar-refractivity contribution in [2.45, 2.75) is 38.6 Å². The van der Waals surface area contributed by atoms with E-state index in [0.29, 0.717) is 5.92 Å². The van der Waals surface area contributed by atoms with Crippen molar-refractivity contribution in [3.63, 3.8) is 0 Å². The molecule has 0 aliphatic heterocycles. The molecule has 0 fully saturated rings. The number of aliphatic hydroxyl groups excluding tert-OH is 1. The lowest BCUT2D eigenvalue weighted by Gasteiger charge is -2.20. The topological polar surface area (TPSA) is 56.0 Å². The second-order valence-corrected chi connectivity index (χ2v) is 5.66. The number of unbranched alkanes of at least 4 members (excludes halogenated alkanes) is 1. The van der Waals surface area contributed by atoms with Crippen LogP contribution >= 0.6 is 11.8 Å². The molecule has 2 unspecified atom stereocenters. The van der Waals surface area contributed by atoms with E-state index in [1.165, 1.54) is 0 Å². The smallest absolute Gasteiger partial charge is 0.103 e. The summed E-state index contributed by atoms with van der Waals surface area (Å²) in [5.74, 6) is 2.54. The molecule has 0 amide bonds. The van der Waals surface area contributed by atoms with Gasteiger partial charge in [-0.3, -0.25) is 0 Å². The van der Waals surface area contributed by atoms with Crippen molar-refractivity contribution in [2.75, 3.05) is 25.2 Å². The van der Waals surface area contributed by atoms with Crippen molar-refractivity contribution >= 4 is 11.8 Å². The van der Waals surface area contributed by atoms with Crippen LogP contribution in [0, 0.1) is 17.2 Å². The zero-order valence-electron chi connectivity index (χ0n) is 10.6. The fraction of sp³-hybridized carbons (Fsp3) is 0.917. The van der Waals surface area contributed by atoms with Crippen molar-refractivity contribution in [2.24, 2.45) is 5.92 Å². The summed E-state index contributed by atoms with van der Waals surface area (Å²) in [7, 11) is 1.83. The molecule has 0 bridgehead atoms. The molecular weight excluding hydrogens is 220 g/mol. The lowest BCUT2D eigenvalue weighted by atomic mass is 9.97. The minimum Gasteiger partial charge on any atom is -0.396 e. The fourth-order valence-electron chi connectivity index (χ4n) is 1.26. The largest absolute Gasteiger partial charge is 0.396 e. The van der Waals surface area contributed by atoms with E-state index in [2.05, 4.69) is 18.3 Å². The van der Waals surface area contributed by atoms with Crippen LogP contribution in [-0.4, -0.2) is 35.8 Å². The highest BCUT2D eigenvalue weighted by molar-refractivity contribution is 7.99. The van der Waals surface area contributed by atoms with Crippen LogP contribution in [0.2, 0.25) is 0 Å². The van der Waals surface area contributed by atoms with E-state index in [0.717, 1.165) is 30.8 Å². The maximum atomic E-state index is 8.95. The zero-order chi connectivity index (χ0) is 12.4. The summed E-state index contributed by atoms with van der Waals surface area (Å²) in [5.41, 5.74) is -0.372. The SMILES string of the molecule is CNC(C)(C#N)CCCCSCC(C)CO. The third-order valence-corrected chi connectivity index (χ3v) is 4.11. The van der Waals surface area contributed by atoms with Gasteiger partial charge in [0, 0.05) is 6.61 Å². The van der Waals surface area contributed by atoms with Crippen LogP contribution in [0.3, 0.4) is 0 Å². The van der Waals surface area contributed by atoms with Gasteiger partial charge in [0.15, 0.2) is 0 Å². The van der Waals surface area contributed by atoms with Crippen LogP contribution in [0.15, 0.2) is 0 Å². The third kappa shape index (κ3) is 7.10. The van der Waals surface area contributed by atoms with Crippen LogP contribution in [-0.2, 0) is 0 Å². The lowest BCUT2D eigenvalue weighted by Crippen LogP contribution is -2.37. The molecule has 0 saturated carbocycles. The van der Waals surface area contributed by atoms with Crippen LogP contribution < -0.4 is 5.32 Å². The van der Waals surface area contributed by atoms with Crippen molar-refractivity contribution in [3.8, 4) is 6.07 Å². The maximum Gasteiger partial charge on any atom is 0.103 e. The van der Waals surface area contributed by atoms with Gasteiger partial charge >= 0.3 is 0 Å². The average molecular weight is 244 g/mol. The Balaban J connectivity index is 3.44. The number of thioether (sulfide) groups is 1. The molecule has 0 aromatic carbocycles. The van der Waals surface area contributed by atoms with E-state index in [4.69, 9.17) is 10.4 Å². The van der Waals surface area contributed by atoms with Gasteiger partial charge in [0.05, 0.1) is 6.07 Å². The number of hydrogen-bond acceptors (Lipinski definition) is 4. The molecule has 0 aliphatic rings. The molecule has 0 heterocycles. The Morgan fingerprint density at radius 1 is 1.50 bits per heavy atom. The van der Waals surface area contributed by atoms with Gasteiger partial charge in [-0.1, -0.05) is 6.92 Å². The summed E-state index contributed by atoms with van der Waals surface area (Å²) < 4.78 is 0. The zero-order valence-corrected chi connectivity index (χ0v) is 11.4. The first-order chi connectivity index (χ1) is 7.58.